The monoisotopic (exact) mass is 153 g/mol. The Morgan fingerprint density at radius 1 is 1.45 bits per heavy atom. The van der Waals surface area contributed by atoms with Gasteiger partial charge in [0.25, 0.3) is 0 Å². The van der Waals surface area contributed by atoms with E-state index in [1.165, 1.54) is 12.8 Å². The minimum atomic E-state index is 0.185. The lowest BCUT2D eigenvalue weighted by atomic mass is 10.4. The Kier molecular flexibility index (Phi) is 3.14. The van der Waals surface area contributed by atoms with Gasteiger partial charge in [0.05, 0.1) is 0 Å². The third-order valence-electron chi connectivity index (χ3n) is 1.91. The van der Waals surface area contributed by atoms with E-state index in [0.29, 0.717) is 0 Å². The number of hydrogen-bond acceptors (Lipinski definition) is 1. The van der Waals surface area contributed by atoms with E-state index in [-0.39, 0.29) is 5.91 Å². The summed E-state index contributed by atoms with van der Waals surface area (Å²) in [7, 11) is 0. The van der Waals surface area contributed by atoms with Gasteiger partial charge in [-0.3, -0.25) is 4.79 Å². The van der Waals surface area contributed by atoms with Gasteiger partial charge in [0.2, 0.25) is 5.91 Å². The highest BCUT2D eigenvalue weighted by atomic mass is 16.2. The van der Waals surface area contributed by atoms with E-state index in [9.17, 15) is 4.79 Å². The summed E-state index contributed by atoms with van der Waals surface area (Å²) in [6.45, 7) is 3.94. The quantitative estimate of drug-likeness (QED) is 0.551. The number of carbonyl (C=O) groups is 1. The van der Waals surface area contributed by atoms with Gasteiger partial charge in [0.15, 0.2) is 0 Å². The summed E-state index contributed by atoms with van der Waals surface area (Å²) in [5, 5.41) is 0. The Morgan fingerprint density at radius 3 is 2.64 bits per heavy atom. The number of amides is 1. The van der Waals surface area contributed by atoms with E-state index >= 15 is 0 Å². The van der Waals surface area contributed by atoms with Gasteiger partial charge in [-0.25, -0.2) is 0 Å². The summed E-state index contributed by atoms with van der Waals surface area (Å²) in [4.78, 5) is 13.2. The number of likely N-dealkylation sites (tertiary alicyclic amines) is 1. The first-order chi connectivity index (χ1) is 5.34. The molecule has 1 rings (SSSR count). The van der Waals surface area contributed by atoms with E-state index in [2.05, 4.69) is 0 Å². The lowest BCUT2D eigenvalue weighted by molar-refractivity contribution is -0.125. The van der Waals surface area contributed by atoms with Gasteiger partial charge in [0.1, 0.15) is 0 Å². The molecule has 0 radical (unpaired) electrons. The number of allylic oxidation sites excluding steroid dienone is 1. The molecule has 11 heavy (non-hydrogen) atoms. The average Bonchev–Trinajstić information content (AvgIpc) is 2.52. The topological polar surface area (TPSA) is 20.3 Å². The van der Waals surface area contributed by atoms with Crippen molar-refractivity contribution in [2.75, 3.05) is 13.1 Å². The summed E-state index contributed by atoms with van der Waals surface area (Å²) in [6.07, 6.45) is 6.89. The minimum Gasteiger partial charge on any atom is -0.339 e. The second-order valence-electron chi connectivity index (χ2n) is 2.84. The number of nitrogens with zero attached hydrogens (tertiary/aromatic N) is 1. The highest BCUT2D eigenvalue weighted by Gasteiger charge is 2.14. The molecule has 0 aliphatic carbocycles. The normalized spacial score (nSPS) is 18.1. The maximum absolute atomic E-state index is 11.2. The van der Waals surface area contributed by atoms with Crippen LogP contribution < -0.4 is 0 Å². The largest absolute Gasteiger partial charge is 0.339 e. The second-order valence-corrected chi connectivity index (χ2v) is 2.84. The van der Waals surface area contributed by atoms with E-state index in [4.69, 9.17) is 0 Å². The first-order valence-corrected chi connectivity index (χ1v) is 4.30. The molecule has 1 aliphatic rings. The first kappa shape index (κ1) is 8.31. The molecule has 0 aromatic carbocycles. The molecule has 1 saturated heterocycles. The van der Waals surface area contributed by atoms with Crippen LogP contribution in [0.4, 0.5) is 0 Å². The van der Waals surface area contributed by atoms with Crippen molar-refractivity contribution in [3.63, 3.8) is 0 Å². The smallest absolute Gasteiger partial charge is 0.246 e. The standard InChI is InChI=1S/C9H15NO/c1-2-3-6-9(11)10-7-4-5-8-10/h3,6H,2,4-5,7-8H2,1H3. The third-order valence-corrected chi connectivity index (χ3v) is 1.91. The lowest BCUT2D eigenvalue weighted by Gasteiger charge is -2.11. The first-order valence-electron chi connectivity index (χ1n) is 4.30. The van der Waals surface area contributed by atoms with Crippen LogP contribution in [-0.4, -0.2) is 23.9 Å². The molecule has 1 aliphatic heterocycles. The highest BCUT2D eigenvalue weighted by molar-refractivity contribution is 5.87. The molecule has 62 valence electrons. The zero-order chi connectivity index (χ0) is 8.10. The van der Waals surface area contributed by atoms with Crippen molar-refractivity contribution in [2.45, 2.75) is 26.2 Å². The van der Waals surface area contributed by atoms with E-state index in [0.717, 1.165) is 19.5 Å². The minimum absolute atomic E-state index is 0.185. The SMILES string of the molecule is CCC=CC(=O)N1CCCC1. The van der Waals surface area contributed by atoms with Crippen LogP contribution in [0.25, 0.3) is 0 Å². The molecule has 1 fully saturated rings. The number of hydrogen-bond donors (Lipinski definition) is 0. The molecule has 1 heterocycles. The Hall–Kier alpha value is -0.790. The molecular formula is C9H15NO. The molecule has 0 aromatic rings. The summed E-state index contributed by atoms with van der Waals surface area (Å²) >= 11 is 0. The van der Waals surface area contributed by atoms with Gasteiger partial charge < -0.3 is 4.90 Å². The fraction of sp³-hybridized carbons (Fsp3) is 0.667. The molecule has 2 heteroatoms. The number of carbonyl (C=O) groups excluding carboxylic acids is 1. The van der Waals surface area contributed by atoms with Gasteiger partial charge in [0, 0.05) is 13.1 Å². The van der Waals surface area contributed by atoms with Crippen LogP contribution in [0.2, 0.25) is 0 Å². The average molecular weight is 153 g/mol. The zero-order valence-electron chi connectivity index (χ0n) is 7.05. The molecule has 1 amide bonds. The van der Waals surface area contributed by atoms with E-state index in [1.54, 1.807) is 6.08 Å². The van der Waals surface area contributed by atoms with Crippen molar-refractivity contribution in [3.8, 4) is 0 Å². The molecule has 0 N–H and O–H groups in total. The fourth-order valence-corrected chi connectivity index (χ4v) is 1.26. The van der Waals surface area contributed by atoms with Crippen LogP contribution in [0.5, 0.6) is 0 Å². The van der Waals surface area contributed by atoms with Crippen molar-refractivity contribution >= 4 is 5.91 Å². The van der Waals surface area contributed by atoms with Gasteiger partial charge in [-0.1, -0.05) is 13.0 Å². The van der Waals surface area contributed by atoms with Gasteiger partial charge >= 0.3 is 0 Å². The molecule has 0 atom stereocenters. The highest BCUT2D eigenvalue weighted by Crippen LogP contribution is 2.07. The zero-order valence-corrected chi connectivity index (χ0v) is 7.05. The summed E-state index contributed by atoms with van der Waals surface area (Å²) in [5.74, 6) is 0.185. The van der Waals surface area contributed by atoms with Crippen LogP contribution >= 0.6 is 0 Å². The maximum Gasteiger partial charge on any atom is 0.246 e. The molecule has 2 nitrogen and oxygen atoms in total. The summed E-state index contributed by atoms with van der Waals surface area (Å²) < 4.78 is 0. The number of rotatable bonds is 2. The summed E-state index contributed by atoms with van der Waals surface area (Å²) in [6, 6.07) is 0. The lowest BCUT2D eigenvalue weighted by Crippen LogP contribution is -2.25. The van der Waals surface area contributed by atoms with Crippen molar-refractivity contribution in [2.24, 2.45) is 0 Å². The Balaban J connectivity index is 2.34. The Labute approximate surface area is 67.9 Å². The fourth-order valence-electron chi connectivity index (χ4n) is 1.26. The van der Waals surface area contributed by atoms with Crippen molar-refractivity contribution in [1.82, 2.24) is 4.90 Å². The Morgan fingerprint density at radius 2 is 2.09 bits per heavy atom. The van der Waals surface area contributed by atoms with Crippen LogP contribution in [0.15, 0.2) is 12.2 Å². The van der Waals surface area contributed by atoms with Crippen molar-refractivity contribution < 1.29 is 4.79 Å². The van der Waals surface area contributed by atoms with Gasteiger partial charge in [-0.15, -0.1) is 0 Å². The van der Waals surface area contributed by atoms with Crippen LogP contribution in [0.1, 0.15) is 26.2 Å². The Bertz CT molecular complexity index is 157. The predicted octanol–water partition coefficient (Wildman–Crippen LogP) is 1.58. The van der Waals surface area contributed by atoms with Gasteiger partial charge in [-0.05, 0) is 25.3 Å². The van der Waals surface area contributed by atoms with Crippen LogP contribution in [0, 0.1) is 0 Å². The molecule has 0 unspecified atom stereocenters. The van der Waals surface area contributed by atoms with Crippen molar-refractivity contribution in [1.29, 1.82) is 0 Å². The second kappa shape index (κ2) is 4.16. The van der Waals surface area contributed by atoms with E-state index in [1.807, 2.05) is 17.9 Å². The third kappa shape index (κ3) is 2.37. The van der Waals surface area contributed by atoms with E-state index < -0.39 is 0 Å². The van der Waals surface area contributed by atoms with Crippen molar-refractivity contribution in [3.05, 3.63) is 12.2 Å². The molecule has 0 aromatic heterocycles. The van der Waals surface area contributed by atoms with Crippen LogP contribution in [-0.2, 0) is 4.79 Å². The maximum atomic E-state index is 11.2. The molecule has 0 spiro atoms. The predicted molar refractivity (Wildman–Crippen MR) is 45.2 cm³/mol. The summed E-state index contributed by atoms with van der Waals surface area (Å²) in [5.41, 5.74) is 0. The van der Waals surface area contributed by atoms with Crippen LogP contribution in [0.3, 0.4) is 0 Å². The van der Waals surface area contributed by atoms with Gasteiger partial charge in [-0.2, -0.15) is 0 Å². The molecular weight excluding hydrogens is 138 g/mol. The molecule has 0 saturated carbocycles. The molecule has 0 bridgehead atoms.